The molecular formula is C23H24ClN4O2S+. The van der Waals surface area contributed by atoms with Crippen molar-refractivity contribution in [2.24, 2.45) is 0 Å². The monoisotopic (exact) mass is 455 g/mol. The molecule has 1 aromatic heterocycles. The van der Waals surface area contributed by atoms with Crippen LogP contribution >= 0.6 is 23.4 Å². The Balaban J connectivity index is 1.17. The van der Waals surface area contributed by atoms with Crippen LogP contribution in [0.2, 0.25) is 5.02 Å². The number of hydrogen-bond donors (Lipinski definition) is 0. The van der Waals surface area contributed by atoms with E-state index in [0.717, 1.165) is 66.7 Å². The quantitative estimate of drug-likeness (QED) is 0.646. The summed E-state index contributed by atoms with van der Waals surface area (Å²) in [6.07, 6.45) is 10.6. The topological polar surface area (TPSA) is 49.6 Å². The number of halogens is 1. The van der Waals surface area contributed by atoms with Crippen molar-refractivity contribution in [3.63, 3.8) is 0 Å². The fourth-order valence-electron chi connectivity index (χ4n) is 5.11. The number of nitrogens with zero attached hydrogens (tertiary/aromatic N) is 4. The molecule has 0 spiro atoms. The molecule has 1 atom stereocenters. The van der Waals surface area contributed by atoms with Gasteiger partial charge >= 0.3 is 0 Å². The maximum Gasteiger partial charge on any atom is 0.256 e. The van der Waals surface area contributed by atoms with Crippen LogP contribution in [-0.2, 0) is 4.79 Å². The largest absolute Gasteiger partial charge is 0.440 e. The number of benzene rings is 1. The molecule has 6 nitrogen and oxygen atoms in total. The number of carbonyl (C=O) groups is 1. The third kappa shape index (κ3) is 3.26. The molecule has 0 N–H and O–H groups in total. The van der Waals surface area contributed by atoms with Gasteiger partial charge in [-0.1, -0.05) is 11.6 Å². The summed E-state index contributed by atoms with van der Waals surface area (Å²) in [5, 5.41) is 3.17. The van der Waals surface area contributed by atoms with E-state index in [2.05, 4.69) is 29.4 Å². The second-order valence-corrected chi connectivity index (χ2v) is 10.1. The van der Waals surface area contributed by atoms with E-state index in [1.54, 1.807) is 0 Å². The first-order chi connectivity index (χ1) is 15.1. The number of quaternary nitrogens is 1. The van der Waals surface area contributed by atoms with Crippen molar-refractivity contribution < 1.29 is 13.8 Å². The molecule has 4 aliphatic heterocycles. The van der Waals surface area contributed by atoms with E-state index in [0.29, 0.717) is 22.1 Å². The lowest BCUT2D eigenvalue weighted by Gasteiger charge is -2.42. The van der Waals surface area contributed by atoms with Crippen LogP contribution in [0.4, 0.5) is 0 Å². The predicted octanol–water partition coefficient (Wildman–Crippen LogP) is 4.28. The molecule has 1 amide bonds. The molecule has 2 aromatic rings. The van der Waals surface area contributed by atoms with Gasteiger partial charge in [-0.25, -0.2) is 4.98 Å². The lowest BCUT2D eigenvalue weighted by molar-refractivity contribution is -0.949. The molecule has 0 radical (unpaired) electrons. The van der Waals surface area contributed by atoms with Gasteiger partial charge in [0.05, 0.1) is 11.4 Å². The number of oxazole rings is 1. The molecule has 31 heavy (non-hydrogen) atoms. The Labute approximate surface area is 190 Å². The highest BCUT2D eigenvalue weighted by Crippen LogP contribution is 2.41. The van der Waals surface area contributed by atoms with Gasteiger partial charge in [0, 0.05) is 48.5 Å². The van der Waals surface area contributed by atoms with Crippen molar-refractivity contribution in [1.29, 1.82) is 0 Å². The average Bonchev–Trinajstić information content (AvgIpc) is 3.55. The summed E-state index contributed by atoms with van der Waals surface area (Å²) in [7, 11) is 0. The summed E-state index contributed by atoms with van der Waals surface area (Å²) in [5.74, 6) is 3.17. The summed E-state index contributed by atoms with van der Waals surface area (Å²) in [6.45, 7) is 3.44. The van der Waals surface area contributed by atoms with Gasteiger partial charge in [0.1, 0.15) is 18.3 Å². The van der Waals surface area contributed by atoms with Crippen LogP contribution in [-0.4, -0.2) is 63.2 Å². The molecule has 4 aliphatic rings. The smallest absolute Gasteiger partial charge is 0.256 e. The lowest BCUT2D eigenvalue weighted by Crippen LogP contribution is -2.56. The first-order valence-electron chi connectivity index (χ1n) is 10.8. The van der Waals surface area contributed by atoms with E-state index >= 15 is 0 Å². The van der Waals surface area contributed by atoms with E-state index < -0.39 is 0 Å². The van der Waals surface area contributed by atoms with Gasteiger partial charge in [0.2, 0.25) is 0 Å². The number of carbonyl (C=O) groups excluding carboxylic acids is 1. The van der Waals surface area contributed by atoms with Crippen molar-refractivity contribution >= 4 is 40.4 Å². The molecule has 0 saturated carbocycles. The number of hydrogen-bond acceptors (Lipinski definition) is 5. The minimum Gasteiger partial charge on any atom is -0.440 e. The van der Waals surface area contributed by atoms with Gasteiger partial charge < -0.3 is 9.32 Å². The Bertz CT molecular complexity index is 1140. The molecule has 6 rings (SSSR count). The highest BCUT2D eigenvalue weighted by atomic mass is 35.5. The summed E-state index contributed by atoms with van der Waals surface area (Å²) in [6, 6.07) is 5.59. The first-order valence-corrected chi connectivity index (χ1v) is 12.3. The highest BCUT2D eigenvalue weighted by Gasteiger charge is 2.48. The van der Waals surface area contributed by atoms with Crippen LogP contribution < -0.4 is 0 Å². The molecule has 5 heterocycles. The number of fused-ring (bicyclic) bond motifs is 2. The van der Waals surface area contributed by atoms with Crippen LogP contribution in [0.5, 0.6) is 0 Å². The molecule has 0 bridgehead atoms. The fourth-order valence-corrected chi connectivity index (χ4v) is 6.23. The zero-order valence-electron chi connectivity index (χ0n) is 17.2. The number of rotatable bonds is 3. The first kappa shape index (κ1) is 19.6. The van der Waals surface area contributed by atoms with Crippen LogP contribution in [0.3, 0.4) is 0 Å². The van der Waals surface area contributed by atoms with E-state index in [1.807, 2.05) is 34.9 Å². The highest BCUT2D eigenvalue weighted by molar-refractivity contribution is 7.99. The summed E-state index contributed by atoms with van der Waals surface area (Å²) in [5.41, 5.74) is 3.75. The molecule has 2 fully saturated rings. The second-order valence-electron chi connectivity index (χ2n) is 8.59. The van der Waals surface area contributed by atoms with Crippen LogP contribution in [0.1, 0.15) is 24.7 Å². The molecule has 2 saturated heterocycles. The van der Waals surface area contributed by atoms with E-state index in [-0.39, 0.29) is 5.91 Å². The maximum atomic E-state index is 13.0. The zero-order chi connectivity index (χ0) is 21.0. The Kier molecular flexibility index (Phi) is 4.76. The lowest BCUT2D eigenvalue weighted by atomic mass is 9.97. The second kappa shape index (κ2) is 7.52. The van der Waals surface area contributed by atoms with Gasteiger partial charge in [-0.3, -0.25) is 4.79 Å². The van der Waals surface area contributed by atoms with Gasteiger partial charge in [0.25, 0.3) is 5.91 Å². The van der Waals surface area contributed by atoms with Crippen LogP contribution in [0, 0.1) is 0 Å². The predicted molar refractivity (Wildman–Crippen MR) is 122 cm³/mol. The molecule has 160 valence electrons. The van der Waals surface area contributed by atoms with Crippen molar-refractivity contribution in [1.82, 2.24) is 14.9 Å². The Morgan fingerprint density at radius 3 is 2.94 bits per heavy atom. The Hall–Kier alpha value is -2.06. The van der Waals surface area contributed by atoms with E-state index in [9.17, 15) is 4.79 Å². The minimum absolute atomic E-state index is 0.200. The summed E-state index contributed by atoms with van der Waals surface area (Å²) in [4.78, 5) is 19.7. The van der Waals surface area contributed by atoms with Gasteiger partial charge in [-0.05, 0) is 37.1 Å². The van der Waals surface area contributed by atoms with Gasteiger partial charge in [-0.2, -0.15) is 4.59 Å². The fraction of sp³-hybridized carbons (Fsp3) is 0.391. The van der Waals surface area contributed by atoms with Crippen molar-refractivity contribution in [3.05, 3.63) is 64.8 Å². The van der Waals surface area contributed by atoms with Crippen LogP contribution in [0.15, 0.2) is 58.3 Å². The number of thioether (sulfide) groups is 1. The van der Waals surface area contributed by atoms with Gasteiger partial charge in [-0.15, -0.1) is 16.8 Å². The Morgan fingerprint density at radius 2 is 2.13 bits per heavy atom. The number of aromatic nitrogens is 1. The number of amides is 1. The molecule has 1 aromatic carbocycles. The minimum atomic E-state index is 0.200. The SMILES string of the molecule is O=C(C1=CC2=CC=C[N@@+]2(N2CCC(c3nc4cc(Cl)ccc4o3)CC2)C1)N1CCSC1. The molecule has 8 heteroatoms. The van der Waals surface area contributed by atoms with Crippen molar-refractivity contribution in [2.75, 3.05) is 37.8 Å². The Morgan fingerprint density at radius 1 is 1.26 bits per heavy atom. The van der Waals surface area contributed by atoms with Crippen molar-refractivity contribution in [3.8, 4) is 0 Å². The summed E-state index contributed by atoms with van der Waals surface area (Å²) < 4.78 is 6.68. The third-order valence-electron chi connectivity index (χ3n) is 6.79. The molecule has 0 aliphatic carbocycles. The maximum absolute atomic E-state index is 13.0. The molecular weight excluding hydrogens is 432 g/mol. The van der Waals surface area contributed by atoms with Gasteiger partial charge in [0.15, 0.2) is 17.2 Å². The number of allylic oxidation sites excluding steroid dienone is 3. The summed E-state index contributed by atoms with van der Waals surface area (Å²) >= 11 is 7.93. The number of piperidine rings is 1. The van der Waals surface area contributed by atoms with Crippen molar-refractivity contribution in [2.45, 2.75) is 18.8 Å². The zero-order valence-corrected chi connectivity index (χ0v) is 18.7. The normalized spacial score (nSPS) is 26.5. The third-order valence-corrected chi connectivity index (χ3v) is 7.99. The average molecular weight is 456 g/mol. The van der Waals surface area contributed by atoms with E-state index in [4.69, 9.17) is 21.0 Å². The van der Waals surface area contributed by atoms with E-state index in [1.165, 1.54) is 5.70 Å². The molecule has 0 unspecified atom stereocenters. The standard InChI is InChI=1S/C23H24ClN4O2S/c24-18-3-4-21-20(13-18)25-22(30-21)16-5-7-27(8-6-16)28-10-1-2-19(28)12-17(14-28)23(29)26-9-11-31-15-26/h1-4,10,12-13,16H,5-9,11,14-15H2/q+1/t28-/m1/s1. The van der Waals surface area contributed by atoms with Crippen LogP contribution in [0.25, 0.3) is 11.1 Å².